The summed E-state index contributed by atoms with van der Waals surface area (Å²) in [6.45, 7) is 2.62. The summed E-state index contributed by atoms with van der Waals surface area (Å²) in [6, 6.07) is 11.5. The summed E-state index contributed by atoms with van der Waals surface area (Å²) >= 11 is 7.50. The molecule has 1 N–H and O–H groups in total. The zero-order chi connectivity index (χ0) is 15.2. The molecular formula is C16H16ClF2NS. The normalized spacial score (nSPS) is 12.4. The Kier molecular flexibility index (Phi) is 6.03. The van der Waals surface area contributed by atoms with Crippen LogP contribution >= 0.6 is 23.4 Å². The summed E-state index contributed by atoms with van der Waals surface area (Å²) in [5.41, 5.74) is 0.353. The molecule has 2 rings (SSSR count). The van der Waals surface area contributed by atoms with Crippen molar-refractivity contribution in [2.24, 2.45) is 0 Å². The van der Waals surface area contributed by atoms with E-state index in [1.165, 1.54) is 6.07 Å². The minimum absolute atomic E-state index is 0.255. The first-order valence-corrected chi connectivity index (χ1v) is 8.03. The van der Waals surface area contributed by atoms with E-state index < -0.39 is 11.6 Å². The lowest BCUT2D eigenvalue weighted by Gasteiger charge is -2.19. The molecule has 0 fully saturated rings. The molecule has 0 aromatic heterocycles. The summed E-state index contributed by atoms with van der Waals surface area (Å²) in [5.74, 6) is -1.01. The highest BCUT2D eigenvalue weighted by Crippen LogP contribution is 2.28. The van der Waals surface area contributed by atoms with Gasteiger partial charge < -0.3 is 5.32 Å². The lowest BCUT2D eigenvalue weighted by Crippen LogP contribution is -2.24. The molecule has 0 spiro atoms. The van der Waals surface area contributed by atoms with Crippen molar-refractivity contribution in [3.05, 3.63) is 64.7 Å². The van der Waals surface area contributed by atoms with Crippen molar-refractivity contribution in [3.63, 3.8) is 0 Å². The fraction of sp³-hybridized carbons (Fsp3) is 0.250. The molecule has 1 unspecified atom stereocenters. The number of thioether (sulfide) groups is 1. The van der Waals surface area contributed by atoms with Crippen LogP contribution in [0.1, 0.15) is 18.5 Å². The average Bonchev–Trinajstić information content (AvgIpc) is 2.47. The van der Waals surface area contributed by atoms with Crippen molar-refractivity contribution in [1.29, 1.82) is 0 Å². The SMILES string of the molecule is CCNC(CSc1cccc(Cl)c1)c1cccc(F)c1F. The molecule has 0 amide bonds. The number of nitrogens with one attached hydrogen (secondary N) is 1. The first kappa shape index (κ1) is 16.3. The number of benzene rings is 2. The number of hydrogen-bond acceptors (Lipinski definition) is 2. The maximum absolute atomic E-state index is 13.9. The van der Waals surface area contributed by atoms with Gasteiger partial charge in [0, 0.05) is 27.3 Å². The van der Waals surface area contributed by atoms with E-state index in [0.29, 0.717) is 22.9 Å². The molecule has 21 heavy (non-hydrogen) atoms. The minimum Gasteiger partial charge on any atom is -0.309 e. The zero-order valence-corrected chi connectivity index (χ0v) is 13.1. The van der Waals surface area contributed by atoms with Crippen LogP contribution in [-0.2, 0) is 0 Å². The third-order valence-electron chi connectivity index (χ3n) is 3.02. The van der Waals surface area contributed by atoms with E-state index in [9.17, 15) is 8.78 Å². The Morgan fingerprint density at radius 1 is 1.19 bits per heavy atom. The summed E-state index contributed by atoms with van der Waals surface area (Å²) in [7, 11) is 0. The summed E-state index contributed by atoms with van der Waals surface area (Å²) in [5, 5.41) is 3.86. The quantitative estimate of drug-likeness (QED) is 0.744. The van der Waals surface area contributed by atoms with Gasteiger partial charge in [0.1, 0.15) is 0 Å². The molecule has 0 aliphatic heterocycles. The van der Waals surface area contributed by atoms with Gasteiger partial charge in [0.15, 0.2) is 11.6 Å². The maximum Gasteiger partial charge on any atom is 0.163 e. The van der Waals surface area contributed by atoms with Crippen LogP contribution < -0.4 is 5.32 Å². The van der Waals surface area contributed by atoms with Gasteiger partial charge in [0.2, 0.25) is 0 Å². The monoisotopic (exact) mass is 327 g/mol. The molecule has 1 atom stereocenters. The van der Waals surface area contributed by atoms with Crippen molar-refractivity contribution in [3.8, 4) is 0 Å². The van der Waals surface area contributed by atoms with E-state index in [1.807, 2.05) is 25.1 Å². The van der Waals surface area contributed by atoms with Crippen LogP contribution in [0.15, 0.2) is 47.4 Å². The topological polar surface area (TPSA) is 12.0 Å². The molecule has 2 aromatic rings. The fourth-order valence-electron chi connectivity index (χ4n) is 2.03. The Balaban J connectivity index is 2.14. The lowest BCUT2D eigenvalue weighted by atomic mass is 10.1. The smallest absolute Gasteiger partial charge is 0.163 e. The molecule has 0 radical (unpaired) electrons. The van der Waals surface area contributed by atoms with Crippen LogP contribution in [0.3, 0.4) is 0 Å². The van der Waals surface area contributed by atoms with E-state index in [1.54, 1.807) is 23.9 Å². The van der Waals surface area contributed by atoms with Crippen molar-refractivity contribution in [2.45, 2.75) is 17.9 Å². The summed E-state index contributed by atoms with van der Waals surface area (Å²) < 4.78 is 27.3. The molecule has 112 valence electrons. The highest BCUT2D eigenvalue weighted by Gasteiger charge is 2.17. The van der Waals surface area contributed by atoms with E-state index in [4.69, 9.17) is 11.6 Å². The Hall–Kier alpha value is -1.10. The Labute approximate surface area is 132 Å². The molecule has 5 heteroatoms. The maximum atomic E-state index is 13.9. The van der Waals surface area contributed by atoms with Gasteiger partial charge in [-0.2, -0.15) is 0 Å². The molecule has 0 heterocycles. The summed E-state index contributed by atoms with van der Waals surface area (Å²) in [6.07, 6.45) is 0. The standard InChI is InChI=1S/C16H16ClF2NS/c1-2-20-15(13-7-4-8-14(18)16(13)19)10-21-12-6-3-5-11(17)9-12/h3-9,15,20H,2,10H2,1H3. The van der Waals surface area contributed by atoms with Crippen molar-refractivity contribution in [1.82, 2.24) is 5.32 Å². The van der Waals surface area contributed by atoms with E-state index in [-0.39, 0.29) is 6.04 Å². The minimum atomic E-state index is -0.817. The van der Waals surface area contributed by atoms with Gasteiger partial charge >= 0.3 is 0 Å². The van der Waals surface area contributed by atoms with Gasteiger partial charge in [-0.25, -0.2) is 8.78 Å². The van der Waals surface area contributed by atoms with E-state index >= 15 is 0 Å². The molecule has 0 saturated carbocycles. The van der Waals surface area contributed by atoms with Crippen LogP contribution in [0.2, 0.25) is 5.02 Å². The Morgan fingerprint density at radius 2 is 1.95 bits per heavy atom. The van der Waals surface area contributed by atoms with Crippen LogP contribution in [0.25, 0.3) is 0 Å². The second kappa shape index (κ2) is 7.78. The average molecular weight is 328 g/mol. The van der Waals surface area contributed by atoms with Gasteiger partial charge in [-0.1, -0.05) is 36.7 Å². The number of hydrogen-bond donors (Lipinski definition) is 1. The molecular weight excluding hydrogens is 312 g/mol. The molecule has 1 nitrogen and oxygen atoms in total. The van der Waals surface area contributed by atoms with E-state index in [2.05, 4.69) is 5.32 Å². The molecule has 2 aromatic carbocycles. The Bertz CT molecular complexity index is 607. The van der Waals surface area contributed by atoms with Crippen molar-refractivity contribution >= 4 is 23.4 Å². The van der Waals surface area contributed by atoms with E-state index in [0.717, 1.165) is 11.0 Å². The zero-order valence-electron chi connectivity index (χ0n) is 11.6. The number of halogens is 3. The summed E-state index contributed by atoms with van der Waals surface area (Å²) in [4.78, 5) is 1.00. The van der Waals surface area contributed by atoms with Crippen molar-refractivity contribution < 1.29 is 8.78 Å². The highest BCUT2D eigenvalue weighted by molar-refractivity contribution is 7.99. The number of rotatable bonds is 6. The van der Waals surface area contributed by atoms with Crippen LogP contribution in [0.5, 0.6) is 0 Å². The van der Waals surface area contributed by atoms with Crippen LogP contribution in [-0.4, -0.2) is 12.3 Å². The first-order chi connectivity index (χ1) is 10.1. The largest absolute Gasteiger partial charge is 0.309 e. The predicted octanol–water partition coefficient (Wildman–Crippen LogP) is 5.06. The highest BCUT2D eigenvalue weighted by atomic mass is 35.5. The lowest BCUT2D eigenvalue weighted by molar-refractivity contribution is 0.478. The van der Waals surface area contributed by atoms with Gasteiger partial charge in [-0.05, 0) is 30.8 Å². The van der Waals surface area contributed by atoms with Gasteiger partial charge in [-0.3, -0.25) is 0 Å². The third kappa shape index (κ3) is 4.43. The molecule has 0 aliphatic carbocycles. The fourth-order valence-corrected chi connectivity index (χ4v) is 3.33. The predicted molar refractivity (Wildman–Crippen MR) is 85.0 cm³/mol. The second-order valence-corrected chi connectivity index (χ2v) is 6.05. The molecule has 0 aliphatic rings. The van der Waals surface area contributed by atoms with Crippen molar-refractivity contribution in [2.75, 3.05) is 12.3 Å². The van der Waals surface area contributed by atoms with Crippen LogP contribution in [0, 0.1) is 11.6 Å². The first-order valence-electron chi connectivity index (χ1n) is 6.67. The second-order valence-electron chi connectivity index (χ2n) is 4.52. The van der Waals surface area contributed by atoms with Crippen LogP contribution in [0.4, 0.5) is 8.78 Å². The van der Waals surface area contributed by atoms with Gasteiger partial charge in [0.05, 0.1) is 0 Å². The van der Waals surface area contributed by atoms with Gasteiger partial charge in [-0.15, -0.1) is 11.8 Å². The molecule has 0 saturated heterocycles. The Morgan fingerprint density at radius 3 is 2.67 bits per heavy atom. The molecule has 0 bridgehead atoms. The van der Waals surface area contributed by atoms with Gasteiger partial charge in [0.25, 0.3) is 0 Å². The third-order valence-corrected chi connectivity index (χ3v) is 4.34.